The molecule has 370 valence electrons. The third-order valence-corrected chi connectivity index (χ3v) is 15.8. The predicted molar refractivity (Wildman–Crippen MR) is 264 cm³/mol. The van der Waals surface area contributed by atoms with Crippen LogP contribution in [0.5, 0.6) is 0 Å². The number of hydrogen-bond donors (Lipinski definition) is 1. The third kappa shape index (κ3) is 31.0. The highest BCUT2D eigenvalue weighted by Crippen LogP contribution is 2.48. The molecule has 0 aliphatic heterocycles. The zero-order valence-corrected chi connectivity index (χ0v) is 45.2. The van der Waals surface area contributed by atoms with Crippen LogP contribution in [0.3, 0.4) is 0 Å². The molecule has 6 atom stereocenters. The summed E-state index contributed by atoms with van der Waals surface area (Å²) in [6.07, 6.45) is 7.26. The van der Waals surface area contributed by atoms with Crippen LogP contribution in [-0.2, 0) is 36.6 Å². The number of methoxy groups -OCH3 is 2. The third-order valence-electron chi connectivity index (χ3n) is 9.53. The van der Waals surface area contributed by atoms with E-state index in [0.29, 0.717) is 107 Å². The van der Waals surface area contributed by atoms with Crippen LogP contribution >= 0.6 is 25.6 Å². The Hall–Kier alpha value is -0.720. The van der Waals surface area contributed by atoms with Crippen molar-refractivity contribution in [3.8, 4) is 0 Å². The number of nitrogens with one attached hydrogen (secondary N) is 1. The minimum absolute atomic E-state index is 0.289. The Morgan fingerprint density at radius 1 is 0.524 bits per heavy atom. The van der Waals surface area contributed by atoms with Crippen LogP contribution in [0.15, 0.2) is 0 Å². The first-order valence-electron chi connectivity index (χ1n) is 23.2. The fourth-order valence-electron chi connectivity index (χ4n) is 7.00. The van der Waals surface area contributed by atoms with Gasteiger partial charge in [-0.1, -0.05) is 19.8 Å². The molecule has 0 saturated heterocycles. The molecule has 0 bridgehead atoms. The van der Waals surface area contributed by atoms with Crippen molar-refractivity contribution in [2.45, 2.75) is 171 Å². The van der Waals surface area contributed by atoms with Gasteiger partial charge in [0.15, 0.2) is 0 Å². The summed E-state index contributed by atoms with van der Waals surface area (Å²) in [5.74, 6) is 1.12. The van der Waals surface area contributed by atoms with Gasteiger partial charge < -0.3 is 56.5 Å². The standard InChI is InChI=1S/C17H33N2O3P.C16H34N3O2P.C12H25N2O3P/c1-13(2)19(14(3)4)23(21-9-8-18-6)22-12-16-10-15(5)11-17(16)20-7;1-15(2)19(16(3)4)22(21-14-12-18-6)20-13-10-8-7-9-11-17-5;1-11(2)14(12(3)4)18(16-8-7-13-5)17-10-9-15-6/h13-17H,8-12H2,1-5,7H3;15-17H,7-14H2,1-5H3;11-12H,7-10H2,1-4,6H3. The Labute approximate surface area is 391 Å². The highest BCUT2D eigenvalue weighted by molar-refractivity contribution is 7.45. The Kier molecular flexibility index (Phi) is 42.4. The molecule has 6 unspecified atom stereocenters. The molecule has 1 fully saturated rings. The maximum Gasteiger partial charge on any atom is 0.259 e. The second kappa shape index (κ2) is 41.5. The van der Waals surface area contributed by atoms with E-state index in [1.807, 2.05) is 7.05 Å². The van der Waals surface area contributed by atoms with E-state index in [4.69, 9.17) is 56.3 Å². The van der Waals surface area contributed by atoms with Crippen molar-refractivity contribution in [2.75, 3.05) is 93.7 Å². The van der Waals surface area contributed by atoms with E-state index in [2.05, 4.69) is 124 Å². The van der Waals surface area contributed by atoms with Gasteiger partial charge in [0.1, 0.15) is 19.8 Å². The minimum Gasteiger partial charge on any atom is -0.382 e. The van der Waals surface area contributed by atoms with Gasteiger partial charge in [-0.3, -0.25) is 0 Å². The summed E-state index contributed by atoms with van der Waals surface area (Å²) in [7, 11) is 2.11. The Bertz CT molecular complexity index is 1170. The highest BCUT2D eigenvalue weighted by atomic mass is 31.2. The topological polar surface area (TPSA) is 109 Å². The molecule has 63 heavy (non-hydrogen) atoms. The van der Waals surface area contributed by atoms with Crippen LogP contribution in [-0.4, -0.2) is 150 Å². The molecular weight excluding hydrogens is 859 g/mol. The predicted octanol–water partition coefficient (Wildman–Crippen LogP) is 11.3. The van der Waals surface area contributed by atoms with Crippen molar-refractivity contribution >= 4 is 25.6 Å². The molecular formula is C45H92N7O8P3. The van der Waals surface area contributed by atoms with Crippen LogP contribution < -0.4 is 5.32 Å². The summed E-state index contributed by atoms with van der Waals surface area (Å²) >= 11 is 0. The largest absolute Gasteiger partial charge is 0.382 e. The first-order chi connectivity index (χ1) is 30.0. The highest BCUT2D eigenvalue weighted by Gasteiger charge is 2.35. The molecule has 0 spiro atoms. The first kappa shape index (κ1) is 64.4. The molecule has 0 heterocycles. The average molecular weight is 952 g/mol. The summed E-state index contributed by atoms with van der Waals surface area (Å²) in [5, 5.41) is 3.17. The average Bonchev–Trinajstić information content (AvgIpc) is 3.58. The van der Waals surface area contributed by atoms with Crippen LogP contribution in [0.1, 0.15) is 129 Å². The van der Waals surface area contributed by atoms with Crippen molar-refractivity contribution in [3.63, 3.8) is 0 Å². The molecule has 15 nitrogen and oxygen atoms in total. The van der Waals surface area contributed by atoms with Gasteiger partial charge in [-0.2, -0.15) is 0 Å². The molecule has 1 aliphatic carbocycles. The molecule has 1 rings (SSSR count). The molecule has 1 N–H and O–H groups in total. The summed E-state index contributed by atoms with van der Waals surface area (Å²) in [6.45, 7) is 54.6. The molecule has 1 aliphatic rings. The number of hydrogen-bond acceptors (Lipinski definition) is 12. The van der Waals surface area contributed by atoms with Gasteiger partial charge >= 0.3 is 0 Å². The smallest absolute Gasteiger partial charge is 0.259 e. The Morgan fingerprint density at radius 3 is 1.27 bits per heavy atom. The van der Waals surface area contributed by atoms with Gasteiger partial charge in [0, 0.05) is 56.4 Å². The maximum atomic E-state index is 6.92. The summed E-state index contributed by atoms with van der Waals surface area (Å²) in [5.41, 5.74) is 0. The van der Waals surface area contributed by atoms with E-state index < -0.39 is 25.6 Å². The summed E-state index contributed by atoms with van der Waals surface area (Å²) in [4.78, 5) is 10.0. The lowest BCUT2D eigenvalue weighted by molar-refractivity contribution is 0.0459. The number of rotatable bonds is 34. The SMILES string of the molecule is [C-]#[N+]CCOP(OCC1CC(C)CC1OC)N(C(C)C)C(C)C.[C-]#[N+]CCOP(OCCCCCCNC)N(C(C)C)C(C)C.[C-]#[N+]CCOP(OCCOC)N(C(C)C)C(C)C. The molecule has 0 aromatic carbocycles. The normalized spacial score (nSPS) is 17.9. The van der Waals surface area contributed by atoms with Gasteiger partial charge in [-0.25, -0.2) is 33.7 Å². The summed E-state index contributed by atoms with van der Waals surface area (Å²) in [6, 6.07) is 2.10. The molecule has 0 radical (unpaired) electrons. The quantitative estimate of drug-likeness (QED) is 0.0377. The second-order valence-electron chi connectivity index (χ2n) is 17.1. The lowest BCUT2D eigenvalue weighted by Gasteiger charge is -2.36. The monoisotopic (exact) mass is 952 g/mol. The fourth-order valence-corrected chi connectivity index (χ4v) is 11.8. The van der Waals surface area contributed by atoms with E-state index >= 15 is 0 Å². The zero-order chi connectivity index (χ0) is 48.2. The van der Waals surface area contributed by atoms with E-state index in [1.165, 1.54) is 19.3 Å². The Balaban J connectivity index is 0. The van der Waals surface area contributed by atoms with Gasteiger partial charge in [0.2, 0.25) is 19.6 Å². The van der Waals surface area contributed by atoms with Crippen molar-refractivity contribution in [1.82, 2.24) is 19.3 Å². The van der Waals surface area contributed by atoms with Crippen molar-refractivity contribution in [2.24, 2.45) is 11.8 Å². The van der Waals surface area contributed by atoms with Crippen LogP contribution in [0.4, 0.5) is 0 Å². The van der Waals surface area contributed by atoms with Crippen LogP contribution in [0, 0.1) is 31.6 Å². The van der Waals surface area contributed by atoms with Crippen LogP contribution in [0.25, 0.3) is 14.5 Å². The van der Waals surface area contributed by atoms with Crippen molar-refractivity contribution in [1.29, 1.82) is 0 Å². The molecule has 0 aromatic heterocycles. The molecule has 0 aromatic rings. The van der Waals surface area contributed by atoms with Crippen LogP contribution in [0.2, 0.25) is 0 Å². The zero-order valence-electron chi connectivity index (χ0n) is 42.5. The van der Waals surface area contributed by atoms with E-state index in [9.17, 15) is 0 Å². The van der Waals surface area contributed by atoms with E-state index in [-0.39, 0.29) is 6.10 Å². The number of unbranched alkanes of at least 4 members (excludes halogenated alkanes) is 3. The lowest BCUT2D eigenvalue weighted by Crippen LogP contribution is -2.34. The van der Waals surface area contributed by atoms with Gasteiger partial charge in [0.25, 0.3) is 25.6 Å². The fraction of sp³-hybridized carbons (Fsp3) is 0.933. The number of ether oxygens (including phenoxy) is 2. The van der Waals surface area contributed by atoms with E-state index in [1.54, 1.807) is 14.2 Å². The van der Waals surface area contributed by atoms with Crippen molar-refractivity contribution in [3.05, 3.63) is 34.3 Å². The van der Waals surface area contributed by atoms with E-state index in [0.717, 1.165) is 32.4 Å². The number of nitrogens with zero attached hydrogens (tertiary/aromatic N) is 6. The lowest BCUT2D eigenvalue weighted by atomic mass is 10.1. The molecule has 18 heteroatoms. The second-order valence-corrected chi connectivity index (χ2v) is 21.5. The Morgan fingerprint density at radius 2 is 0.905 bits per heavy atom. The van der Waals surface area contributed by atoms with Gasteiger partial charge in [-0.05, 0) is 128 Å². The van der Waals surface area contributed by atoms with Crippen molar-refractivity contribution < 1.29 is 36.6 Å². The molecule has 0 amide bonds. The summed E-state index contributed by atoms with van der Waals surface area (Å²) < 4.78 is 52.9. The first-order valence-corrected chi connectivity index (χ1v) is 26.6. The van der Waals surface area contributed by atoms with Gasteiger partial charge in [0.05, 0.1) is 32.5 Å². The molecule has 1 saturated carbocycles. The van der Waals surface area contributed by atoms with Gasteiger partial charge in [-0.15, -0.1) is 0 Å². The minimum atomic E-state index is -1.13. The maximum absolute atomic E-state index is 6.92.